The second-order valence-corrected chi connectivity index (χ2v) is 11.0. The van der Waals surface area contributed by atoms with Gasteiger partial charge < -0.3 is 25.0 Å². The van der Waals surface area contributed by atoms with Gasteiger partial charge >= 0.3 is 0 Å². The smallest absolute Gasteiger partial charge is 0.277 e. The van der Waals surface area contributed by atoms with Gasteiger partial charge in [0.05, 0.1) is 17.6 Å². The first-order chi connectivity index (χ1) is 20.7. The fraction of sp³-hybridized carbons (Fsp3) is 0.242. The third-order valence-corrected chi connectivity index (χ3v) is 7.91. The lowest BCUT2D eigenvalue weighted by Gasteiger charge is -2.34. The normalized spacial score (nSPS) is 13.7. The van der Waals surface area contributed by atoms with Crippen LogP contribution in [0.25, 0.3) is 22.2 Å². The molecule has 2 aromatic carbocycles. The molecule has 10 heteroatoms. The fourth-order valence-electron chi connectivity index (χ4n) is 5.24. The zero-order chi connectivity index (χ0) is 30.1. The molecule has 1 aliphatic heterocycles. The third kappa shape index (κ3) is 5.96. The number of hydrogen-bond acceptors (Lipinski definition) is 8. The Kier molecular flexibility index (Phi) is 7.60. The van der Waals surface area contributed by atoms with E-state index in [-0.39, 0.29) is 11.5 Å². The van der Waals surface area contributed by atoms with E-state index in [2.05, 4.69) is 42.4 Å². The Hall–Kier alpha value is -5.09. The van der Waals surface area contributed by atoms with Crippen LogP contribution in [0, 0.1) is 13.8 Å². The van der Waals surface area contributed by atoms with E-state index in [1.165, 1.54) is 0 Å². The molecule has 5 aromatic rings. The Bertz CT molecular complexity index is 1860. The quantitative estimate of drug-likeness (QED) is 0.299. The molecule has 0 radical (unpaired) electrons. The summed E-state index contributed by atoms with van der Waals surface area (Å²) in [6.07, 6.45) is 3.34. The lowest BCUT2D eigenvalue weighted by molar-refractivity contribution is 0.102. The summed E-state index contributed by atoms with van der Waals surface area (Å²) >= 11 is 0. The third-order valence-electron chi connectivity index (χ3n) is 7.91. The molecule has 1 aliphatic rings. The molecule has 3 aromatic heterocycles. The van der Waals surface area contributed by atoms with Crippen molar-refractivity contribution >= 4 is 39.8 Å². The Morgan fingerprint density at radius 2 is 1.58 bits per heavy atom. The fourth-order valence-corrected chi connectivity index (χ4v) is 5.24. The molecule has 10 nitrogen and oxygen atoms in total. The van der Waals surface area contributed by atoms with Crippen LogP contribution in [0.1, 0.15) is 21.6 Å². The van der Waals surface area contributed by atoms with E-state index in [0.717, 1.165) is 54.4 Å². The molecule has 0 saturated carbocycles. The molecule has 0 spiro atoms. The molecule has 1 saturated heterocycles. The van der Waals surface area contributed by atoms with Crippen molar-refractivity contribution in [1.82, 2.24) is 24.4 Å². The minimum Gasteiger partial charge on any atom is -0.369 e. The molecule has 4 heterocycles. The van der Waals surface area contributed by atoms with Crippen molar-refractivity contribution in [3.63, 3.8) is 0 Å². The number of aryl methyl sites for hydroxylation is 2. The van der Waals surface area contributed by atoms with E-state index in [9.17, 15) is 9.59 Å². The van der Waals surface area contributed by atoms with Gasteiger partial charge in [0.15, 0.2) is 0 Å². The SMILES string of the molecule is Cc1ccc(Nc2ncc3cc(-c4cc(NC(=O)c5ccc(N6CCN(C)CC6)cc5)ccc4C)n(C)c(=O)c3n2)cn1. The lowest BCUT2D eigenvalue weighted by Crippen LogP contribution is -2.44. The molecule has 6 rings (SSSR count). The number of fused-ring (bicyclic) bond motifs is 1. The van der Waals surface area contributed by atoms with Gasteiger partial charge in [0, 0.05) is 73.0 Å². The maximum Gasteiger partial charge on any atom is 0.277 e. The highest BCUT2D eigenvalue weighted by Crippen LogP contribution is 2.28. The number of carbonyl (C=O) groups is 1. The summed E-state index contributed by atoms with van der Waals surface area (Å²) in [4.78, 5) is 44.4. The summed E-state index contributed by atoms with van der Waals surface area (Å²) in [5.74, 6) is 0.129. The summed E-state index contributed by atoms with van der Waals surface area (Å²) in [6.45, 7) is 7.89. The van der Waals surface area contributed by atoms with Crippen molar-refractivity contribution in [2.75, 3.05) is 48.8 Å². The first-order valence-corrected chi connectivity index (χ1v) is 14.3. The minimum atomic E-state index is -0.241. The second-order valence-electron chi connectivity index (χ2n) is 11.0. The zero-order valence-electron chi connectivity index (χ0n) is 24.8. The van der Waals surface area contributed by atoms with Crippen molar-refractivity contribution < 1.29 is 4.79 Å². The van der Waals surface area contributed by atoms with Crippen molar-refractivity contribution in [2.24, 2.45) is 7.05 Å². The van der Waals surface area contributed by atoms with Gasteiger partial charge in [-0.3, -0.25) is 14.6 Å². The van der Waals surface area contributed by atoms with Crippen molar-refractivity contribution in [1.29, 1.82) is 0 Å². The number of rotatable bonds is 6. The van der Waals surface area contributed by atoms with Crippen LogP contribution >= 0.6 is 0 Å². The Morgan fingerprint density at radius 3 is 2.30 bits per heavy atom. The standard InChI is InChI=1S/C33H34N8O2/c1-21-5-9-25(36-31(42)23-7-11-27(12-8-23)41-15-13-39(3)14-16-41)18-28(21)29-17-24-19-35-33(38-30(24)32(43)40(29)4)37-26-10-6-22(2)34-20-26/h5-12,17-20H,13-16H2,1-4H3,(H,36,42)(H,35,37,38). The van der Waals surface area contributed by atoms with E-state index in [1.54, 1.807) is 24.0 Å². The van der Waals surface area contributed by atoms with Crippen LogP contribution in [-0.2, 0) is 7.05 Å². The number of aromatic nitrogens is 4. The van der Waals surface area contributed by atoms with Gasteiger partial charge in [-0.1, -0.05) is 6.07 Å². The number of piperazine rings is 1. The topological polar surface area (TPSA) is 108 Å². The number of nitrogens with one attached hydrogen (secondary N) is 2. The highest BCUT2D eigenvalue weighted by molar-refractivity contribution is 6.04. The zero-order valence-corrected chi connectivity index (χ0v) is 24.8. The van der Waals surface area contributed by atoms with Crippen LogP contribution in [0.3, 0.4) is 0 Å². The number of benzene rings is 2. The van der Waals surface area contributed by atoms with Crippen LogP contribution in [0.2, 0.25) is 0 Å². The molecule has 0 atom stereocenters. The monoisotopic (exact) mass is 574 g/mol. The molecule has 43 heavy (non-hydrogen) atoms. The Balaban J connectivity index is 1.23. The molecule has 0 unspecified atom stereocenters. The highest BCUT2D eigenvalue weighted by atomic mass is 16.1. The van der Waals surface area contributed by atoms with E-state index in [1.807, 2.05) is 74.5 Å². The average molecular weight is 575 g/mol. The molecule has 2 N–H and O–H groups in total. The van der Waals surface area contributed by atoms with E-state index >= 15 is 0 Å². The van der Waals surface area contributed by atoms with Crippen LogP contribution in [-0.4, -0.2) is 63.6 Å². The number of anilines is 4. The Labute approximate surface area is 250 Å². The molecule has 218 valence electrons. The van der Waals surface area contributed by atoms with Crippen LogP contribution in [0.15, 0.2) is 77.9 Å². The molecule has 1 fully saturated rings. The molecular weight excluding hydrogens is 540 g/mol. The van der Waals surface area contributed by atoms with Gasteiger partial charge in [-0.05, 0) is 81.1 Å². The first kappa shape index (κ1) is 28.0. The number of carbonyl (C=O) groups excluding carboxylic acids is 1. The number of amides is 1. The summed E-state index contributed by atoms with van der Waals surface area (Å²) in [5, 5.41) is 6.75. The van der Waals surface area contributed by atoms with Gasteiger partial charge in [-0.15, -0.1) is 0 Å². The predicted molar refractivity (Wildman–Crippen MR) is 171 cm³/mol. The van der Waals surface area contributed by atoms with Gasteiger partial charge in [0.2, 0.25) is 5.95 Å². The van der Waals surface area contributed by atoms with Gasteiger partial charge in [0.25, 0.3) is 11.5 Å². The second kappa shape index (κ2) is 11.7. The summed E-state index contributed by atoms with van der Waals surface area (Å²) < 4.78 is 1.58. The number of nitrogens with zero attached hydrogens (tertiary/aromatic N) is 6. The van der Waals surface area contributed by atoms with Crippen LogP contribution < -0.4 is 21.1 Å². The summed E-state index contributed by atoms with van der Waals surface area (Å²) in [5.41, 5.74) is 6.56. The summed E-state index contributed by atoms with van der Waals surface area (Å²) in [6, 6.07) is 19.1. The van der Waals surface area contributed by atoms with E-state index in [0.29, 0.717) is 33.8 Å². The highest BCUT2D eigenvalue weighted by Gasteiger charge is 2.17. The summed E-state index contributed by atoms with van der Waals surface area (Å²) in [7, 11) is 3.86. The van der Waals surface area contributed by atoms with Gasteiger partial charge in [0.1, 0.15) is 5.52 Å². The van der Waals surface area contributed by atoms with E-state index in [4.69, 9.17) is 0 Å². The predicted octanol–water partition coefficient (Wildman–Crippen LogP) is 4.76. The van der Waals surface area contributed by atoms with Crippen LogP contribution in [0.4, 0.5) is 23.0 Å². The largest absolute Gasteiger partial charge is 0.369 e. The van der Waals surface area contributed by atoms with E-state index < -0.39 is 0 Å². The van der Waals surface area contributed by atoms with Gasteiger partial charge in [-0.2, -0.15) is 0 Å². The molecule has 0 aliphatic carbocycles. The minimum absolute atomic E-state index is 0.190. The molecule has 0 bridgehead atoms. The van der Waals surface area contributed by atoms with Crippen molar-refractivity contribution in [3.05, 3.63) is 100 Å². The van der Waals surface area contributed by atoms with Crippen molar-refractivity contribution in [2.45, 2.75) is 13.8 Å². The first-order valence-electron chi connectivity index (χ1n) is 14.3. The van der Waals surface area contributed by atoms with Crippen LogP contribution in [0.5, 0.6) is 0 Å². The van der Waals surface area contributed by atoms with Crippen molar-refractivity contribution in [3.8, 4) is 11.3 Å². The molecule has 1 amide bonds. The maximum absolute atomic E-state index is 13.4. The lowest BCUT2D eigenvalue weighted by atomic mass is 10.0. The average Bonchev–Trinajstić information content (AvgIpc) is 3.02. The number of hydrogen-bond donors (Lipinski definition) is 2. The number of likely N-dealkylation sites (N-methyl/N-ethyl adjacent to an activating group) is 1. The number of pyridine rings is 2. The van der Waals surface area contributed by atoms with Gasteiger partial charge in [-0.25, -0.2) is 9.97 Å². The molecular formula is C33H34N8O2. The Morgan fingerprint density at radius 1 is 0.837 bits per heavy atom. The maximum atomic E-state index is 13.4.